The zero-order chi connectivity index (χ0) is 11.5. The van der Waals surface area contributed by atoms with Gasteiger partial charge in [-0.25, -0.2) is 4.98 Å². The maximum Gasteiger partial charge on any atom is 0.125 e. The van der Waals surface area contributed by atoms with Crippen molar-refractivity contribution in [1.29, 1.82) is 0 Å². The van der Waals surface area contributed by atoms with Crippen molar-refractivity contribution < 1.29 is 0 Å². The van der Waals surface area contributed by atoms with Crippen LogP contribution in [0.15, 0.2) is 36.5 Å². The Balaban J connectivity index is 2.42. The van der Waals surface area contributed by atoms with Crippen LogP contribution >= 0.6 is 0 Å². The molecule has 16 heavy (non-hydrogen) atoms. The molecule has 0 saturated carbocycles. The Morgan fingerprint density at radius 2 is 2.00 bits per heavy atom. The SMILES string of the molecule is CNc1ccc(-c2ccc(N)cc2C)cn1. The first kappa shape index (κ1) is 10.5. The molecule has 1 aromatic carbocycles. The summed E-state index contributed by atoms with van der Waals surface area (Å²) in [6.45, 7) is 2.05. The third-order valence-electron chi connectivity index (χ3n) is 2.58. The van der Waals surface area contributed by atoms with Gasteiger partial charge >= 0.3 is 0 Å². The van der Waals surface area contributed by atoms with Crippen LogP contribution in [0.3, 0.4) is 0 Å². The molecule has 0 amide bonds. The molecule has 3 nitrogen and oxygen atoms in total. The Hall–Kier alpha value is -2.03. The molecule has 0 saturated heterocycles. The lowest BCUT2D eigenvalue weighted by atomic mass is 10.0. The van der Waals surface area contributed by atoms with Crippen LogP contribution in [0, 0.1) is 6.92 Å². The molecule has 3 heteroatoms. The van der Waals surface area contributed by atoms with Crippen molar-refractivity contribution in [3.05, 3.63) is 42.1 Å². The van der Waals surface area contributed by atoms with E-state index in [1.165, 1.54) is 11.1 Å². The number of anilines is 2. The van der Waals surface area contributed by atoms with Crippen LogP contribution in [0.5, 0.6) is 0 Å². The van der Waals surface area contributed by atoms with Gasteiger partial charge in [-0.1, -0.05) is 6.07 Å². The van der Waals surface area contributed by atoms with E-state index in [1.807, 2.05) is 37.5 Å². The maximum atomic E-state index is 5.73. The summed E-state index contributed by atoms with van der Waals surface area (Å²) in [6.07, 6.45) is 1.87. The summed E-state index contributed by atoms with van der Waals surface area (Å²) in [4.78, 5) is 4.29. The first-order valence-electron chi connectivity index (χ1n) is 5.21. The van der Waals surface area contributed by atoms with E-state index in [1.54, 1.807) is 0 Å². The minimum absolute atomic E-state index is 0.793. The van der Waals surface area contributed by atoms with E-state index in [-0.39, 0.29) is 0 Å². The van der Waals surface area contributed by atoms with Gasteiger partial charge < -0.3 is 11.1 Å². The highest BCUT2D eigenvalue weighted by Gasteiger charge is 2.02. The summed E-state index contributed by atoms with van der Waals surface area (Å²) in [7, 11) is 1.86. The second-order valence-corrected chi connectivity index (χ2v) is 3.76. The second kappa shape index (κ2) is 4.23. The van der Waals surface area contributed by atoms with Crippen LogP contribution in [0.4, 0.5) is 11.5 Å². The summed E-state index contributed by atoms with van der Waals surface area (Å²) in [5.41, 5.74) is 9.96. The molecule has 2 aromatic rings. The van der Waals surface area contributed by atoms with Gasteiger partial charge in [0.15, 0.2) is 0 Å². The quantitative estimate of drug-likeness (QED) is 0.754. The van der Waals surface area contributed by atoms with Crippen LogP contribution in [0.1, 0.15) is 5.56 Å². The minimum atomic E-state index is 0.793. The second-order valence-electron chi connectivity index (χ2n) is 3.76. The number of pyridine rings is 1. The third-order valence-corrected chi connectivity index (χ3v) is 2.58. The molecule has 1 aromatic heterocycles. The third kappa shape index (κ3) is 1.98. The molecule has 0 spiro atoms. The van der Waals surface area contributed by atoms with Gasteiger partial charge in [-0.2, -0.15) is 0 Å². The average Bonchev–Trinajstić information content (AvgIpc) is 2.29. The zero-order valence-electron chi connectivity index (χ0n) is 9.49. The van der Waals surface area contributed by atoms with Crippen molar-refractivity contribution >= 4 is 11.5 Å². The Labute approximate surface area is 95.3 Å². The molecule has 2 rings (SSSR count). The fraction of sp³-hybridized carbons (Fsp3) is 0.154. The lowest BCUT2D eigenvalue weighted by molar-refractivity contribution is 1.28. The van der Waals surface area contributed by atoms with Crippen molar-refractivity contribution in [1.82, 2.24) is 4.98 Å². The standard InChI is InChI=1S/C13H15N3/c1-9-7-11(14)4-5-12(9)10-3-6-13(15-2)16-8-10/h3-8H,14H2,1-2H3,(H,15,16). The molecular formula is C13H15N3. The zero-order valence-corrected chi connectivity index (χ0v) is 9.49. The molecule has 0 aliphatic rings. The van der Waals surface area contributed by atoms with Gasteiger partial charge in [0.2, 0.25) is 0 Å². The van der Waals surface area contributed by atoms with E-state index in [2.05, 4.69) is 23.3 Å². The average molecular weight is 213 g/mol. The molecule has 1 heterocycles. The minimum Gasteiger partial charge on any atom is -0.399 e. The number of benzene rings is 1. The van der Waals surface area contributed by atoms with E-state index in [0.717, 1.165) is 17.1 Å². The van der Waals surface area contributed by atoms with Gasteiger partial charge in [-0.05, 0) is 42.3 Å². The maximum absolute atomic E-state index is 5.73. The van der Waals surface area contributed by atoms with Crippen molar-refractivity contribution in [3.63, 3.8) is 0 Å². The van der Waals surface area contributed by atoms with Crippen LogP contribution in [-0.4, -0.2) is 12.0 Å². The van der Waals surface area contributed by atoms with Crippen LogP contribution in [0.2, 0.25) is 0 Å². The number of hydrogen-bond acceptors (Lipinski definition) is 3. The molecule has 0 bridgehead atoms. The summed E-state index contributed by atoms with van der Waals surface area (Å²) in [5, 5.41) is 3.00. The number of aromatic nitrogens is 1. The molecular weight excluding hydrogens is 198 g/mol. The highest BCUT2D eigenvalue weighted by molar-refractivity contribution is 5.69. The van der Waals surface area contributed by atoms with Gasteiger partial charge in [-0.15, -0.1) is 0 Å². The first-order valence-corrected chi connectivity index (χ1v) is 5.21. The van der Waals surface area contributed by atoms with Crippen molar-refractivity contribution in [2.45, 2.75) is 6.92 Å². The van der Waals surface area contributed by atoms with E-state index < -0.39 is 0 Å². The summed E-state index contributed by atoms with van der Waals surface area (Å²) < 4.78 is 0. The van der Waals surface area contributed by atoms with Gasteiger partial charge in [0.05, 0.1) is 0 Å². The Morgan fingerprint density at radius 1 is 1.19 bits per heavy atom. The Bertz CT molecular complexity index is 489. The van der Waals surface area contributed by atoms with Gasteiger partial charge in [-0.3, -0.25) is 0 Å². The molecule has 3 N–H and O–H groups in total. The molecule has 0 aliphatic carbocycles. The number of nitrogen functional groups attached to an aromatic ring is 1. The predicted molar refractivity (Wildman–Crippen MR) is 68.4 cm³/mol. The number of nitrogens with two attached hydrogens (primary N) is 1. The molecule has 0 atom stereocenters. The van der Waals surface area contributed by atoms with E-state index in [4.69, 9.17) is 5.73 Å². The number of aryl methyl sites for hydroxylation is 1. The fourth-order valence-corrected chi connectivity index (χ4v) is 1.71. The van der Waals surface area contributed by atoms with Crippen molar-refractivity contribution in [3.8, 4) is 11.1 Å². The Kier molecular flexibility index (Phi) is 2.77. The predicted octanol–water partition coefficient (Wildman–Crippen LogP) is 2.68. The molecule has 0 fully saturated rings. The molecule has 0 aliphatic heterocycles. The van der Waals surface area contributed by atoms with Crippen LogP contribution < -0.4 is 11.1 Å². The summed E-state index contributed by atoms with van der Waals surface area (Å²) in [6, 6.07) is 9.93. The van der Waals surface area contributed by atoms with E-state index in [0.29, 0.717) is 0 Å². The first-order chi connectivity index (χ1) is 7.70. The number of nitrogens with zero attached hydrogens (tertiary/aromatic N) is 1. The van der Waals surface area contributed by atoms with Gasteiger partial charge in [0, 0.05) is 24.5 Å². The molecule has 0 radical (unpaired) electrons. The smallest absolute Gasteiger partial charge is 0.125 e. The number of hydrogen-bond donors (Lipinski definition) is 2. The molecule has 0 unspecified atom stereocenters. The highest BCUT2D eigenvalue weighted by Crippen LogP contribution is 2.24. The van der Waals surface area contributed by atoms with Gasteiger partial charge in [0.25, 0.3) is 0 Å². The van der Waals surface area contributed by atoms with Gasteiger partial charge in [0.1, 0.15) is 5.82 Å². The number of nitrogens with one attached hydrogen (secondary N) is 1. The number of rotatable bonds is 2. The molecule has 82 valence electrons. The topological polar surface area (TPSA) is 50.9 Å². The van der Waals surface area contributed by atoms with Crippen molar-refractivity contribution in [2.24, 2.45) is 0 Å². The fourth-order valence-electron chi connectivity index (χ4n) is 1.71. The van der Waals surface area contributed by atoms with E-state index in [9.17, 15) is 0 Å². The Morgan fingerprint density at radius 3 is 2.56 bits per heavy atom. The van der Waals surface area contributed by atoms with E-state index >= 15 is 0 Å². The monoisotopic (exact) mass is 213 g/mol. The highest BCUT2D eigenvalue weighted by atomic mass is 14.9. The normalized spacial score (nSPS) is 10.1. The van der Waals surface area contributed by atoms with Crippen LogP contribution in [-0.2, 0) is 0 Å². The summed E-state index contributed by atoms with van der Waals surface area (Å²) in [5.74, 6) is 0.872. The lowest BCUT2D eigenvalue weighted by Gasteiger charge is -2.07. The summed E-state index contributed by atoms with van der Waals surface area (Å²) >= 11 is 0. The van der Waals surface area contributed by atoms with Crippen LogP contribution in [0.25, 0.3) is 11.1 Å². The van der Waals surface area contributed by atoms with Crippen molar-refractivity contribution in [2.75, 3.05) is 18.1 Å². The largest absolute Gasteiger partial charge is 0.399 e. The lowest BCUT2D eigenvalue weighted by Crippen LogP contribution is -1.92.